The predicted octanol–water partition coefficient (Wildman–Crippen LogP) is 6.93. The molecule has 33 heavy (non-hydrogen) atoms. The molecule has 0 saturated heterocycles. The van der Waals surface area contributed by atoms with Crippen molar-refractivity contribution in [3.8, 4) is 11.1 Å². The number of nitrogens with zero attached hydrogens (tertiary/aromatic N) is 1. The second-order valence-corrected chi connectivity index (χ2v) is 8.55. The van der Waals surface area contributed by atoms with Gasteiger partial charge in [0.25, 0.3) is 0 Å². The number of aromatic nitrogens is 1. The number of halogens is 1. The quantitative estimate of drug-likeness (QED) is 0.195. The lowest BCUT2D eigenvalue weighted by Gasteiger charge is -2.10. The standard InChI is InChI=1S/C28H20BrNO3/c1-2-33-28(32)25-23-15-13-20-17-21(29)14-16-22(20)30(23)26(24(25)18-9-5-3-6-10-18)27(31)19-11-7-4-8-12-19/h3-17H,2H2,1H3. The Balaban J connectivity index is 1.98. The molecule has 0 aliphatic carbocycles. The van der Waals surface area contributed by atoms with E-state index in [1.165, 1.54) is 0 Å². The SMILES string of the molecule is CCOC(=O)c1c(-c2ccccc2)c(C(=O)c2ccccc2)n2c1ccc1cc(Br)ccc12. The van der Waals surface area contributed by atoms with Gasteiger partial charge >= 0.3 is 5.97 Å². The third-order valence-corrected chi connectivity index (χ3v) is 6.15. The second kappa shape index (κ2) is 8.68. The van der Waals surface area contributed by atoms with E-state index in [0.29, 0.717) is 27.9 Å². The van der Waals surface area contributed by atoms with Crippen LogP contribution < -0.4 is 0 Å². The zero-order chi connectivity index (χ0) is 22.9. The van der Waals surface area contributed by atoms with Crippen molar-refractivity contribution in [2.75, 3.05) is 6.61 Å². The Bertz CT molecular complexity index is 1500. The highest BCUT2D eigenvalue weighted by Gasteiger charge is 2.30. The molecule has 0 atom stereocenters. The summed E-state index contributed by atoms with van der Waals surface area (Å²) in [7, 11) is 0. The van der Waals surface area contributed by atoms with Crippen LogP contribution in [0.3, 0.4) is 0 Å². The first-order valence-electron chi connectivity index (χ1n) is 10.7. The molecule has 3 aromatic carbocycles. The van der Waals surface area contributed by atoms with Crippen molar-refractivity contribution in [3.05, 3.63) is 112 Å². The number of benzene rings is 3. The van der Waals surface area contributed by atoms with Crippen molar-refractivity contribution in [1.82, 2.24) is 4.40 Å². The Kier molecular flexibility index (Phi) is 5.56. The Hall–Kier alpha value is -3.70. The lowest BCUT2D eigenvalue weighted by Crippen LogP contribution is -2.08. The average Bonchev–Trinajstić information content (AvgIpc) is 3.20. The molecule has 162 valence electrons. The summed E-state index contributed by atoms with van der Waals surface area (Å²) in [6.07, 6.45) is 0. The molecule has 0 aliphatic heterocycles. The van der Waals surface area contributed by atoms with Gasteiger partial charge in [-0.1, -0.05) is 82.7 Å². The highest BCUT2D eigenvalue weighted by atomic mass is 79.9. The van der Waals surface area contributed by atoms with Gasteiger partial charge in [0.15, 0.2) is 0 Å². The Morgan fingerprint density at radius 2 is 1.52 bits per heavy atom. The van der Waals surface area contributed by atoms with Gasteiger partial charge in [-0.3, -0.25) is 4.79 Å². The molecular weight excluding hydrogens is 478 g/mol. The fraction of sp³-hybridized carbons (Fsp3) is 0.0714. The van der Waals surface area contributed by atoms with Gasteiger partial charge in [-0.2, -0.15) is 0 Å². The van der Waals surface area contributed by atoms with Gasteiger partial charge in [0, 0.05) is 15.6 Å². The summed E-state index contributed by atoms with van der Waals surface area (Å²) >= 11 is 3.53. The molecule has 2 heterocycles. The smallest absolute Gasteiger partial charge is 0.340 e. The van der Waals surface area contributed by atoms with Crippen molar-refractivity contribution in [1.29, 1.82) is 0 Å². The van der Waals surface area contributed by atoms with Gasteiger partial charge in [0.1, 0.15) is 5.69 Å². The second-order valence-electron chi connectivity index (χ2n) is 7.64. The summed E-state index contributed by atoms with van der Waals surface area (Å²) in [5.74, 6) is -0.604. The maximum Gasteiger partial charge on any atom is 0.340 e. The maximum absolute atomic E-state index is 14.0. The molecule has 0 aliphatic rings. The number of esters is 1. The molecule has 2 aromatic heterocycles. The van der Waals surface area contributed by atoms with Crippen LogP contribution in [0.15, 0.2) is 95.5 Å². The molecule has 0 N–H and O–H groups in total. The molecule has 4 nitrogen and oxygen atoms in total. The van der Waals surface area contributed by atoms with E-state index in [9.17, 15) is 9.59 Å². The molecule has 0 bridgehead atoms. The van der Waals surface area contributed by atoms with E-state index in [1.54, 1.807) is 19.1 Å². The molecule has 5 rings (SSSR count). The highest BCUT2D eigenvalue weighted by Crippen LogP contribution is 2.37. The summed E-state index contributed by atoms with van der Waals surface area (Å²) in [6.45, 7) is 2.02. The zero-order valence-electron chi connectivity index (χ0n) is 17.9. The minimum absolute atomic E-state index is 0.157. The average molecular weight is 498 g/mol. The Morgan fingerprint density at radius 3 is 2.21 bits per heavy atom. The first kappa shape index (κ1) is 21.2. The van der Waals surface area contributed by atoms with E-state index in [4.69, 9.17) is 4.74 Å². The van der Waals surface area contributed by atoms with Crippen LogP contribution in [0.4, 0.5) is 0 Å². The summed E-state index contributed by atoms with van der Waals surface area (Å²) in [6, 6.07) is 28.4. The summed E-state index contributed by atoms with van der Waals surface area (Å²) < 4.78 is 8.29. The Morgan fingerprint density at radius 1 is 0.848 bits per heavy atom. The van der Waals surface area contributed by atoms with Crippen molar-refractivity contribution < 1.29 is 14.3 Å². The van der Waals surface area contributed by atoms with E-state index in [0.717, 1.165) is 20.9 Å². The fourth-order valence-electron chi connectivity index (χ4n) is 4.27. The fourth-order valence-corrected chi connectivity index (χ4v) is 4.65. The van der Waals surface area contributed by atoms with Crippen molar-refractivity contribution >= 4 is 44.1 Å². The van der Waals surface area contributed by atoms with Gasteiger partial charge in [-0.25, -0.2) is 4.79 Å². The molecule has 5 heteroatoms. The lowest BCUT2D eigenvalue weighted by atomic mass is 9.96. The largest absolute Gasteiger partial charge is 0.462 e. The Labute approximate surface area is 199 Å². The topological polar surface area (TPSA) is 47.8 Å². The van der Waals surface area contributed by atoms with Crippen LogP contribution in [-0.4, -0.2) is 22.8 Å². The van der Waals surface area contributed by atoms with E-state index in [1.807, 2.05) is 83.3 Å². The minimum Gasteiger partial charge on any atom is -0.462 e. The number of fused-ring (bicyclic) bond motifs is 3. The van der Waals surface area contributed by atoms with E-state index in [-0.39, 0.29) is 12.4 Å². The molecule has 0 saturated carbocycles. The third kappa shape index (κ3) is 3.64. The van der Waals surface area contributed by atoms with Crippen molar-refractivity contribution in [2.24, 2.45) is 0 Å². The van der Waals surface area contributed by atoms with Gasteiger partial charge < -0.3 is 9.14 Å². The molecule has 0 spiro atoms. The van der Waals surface area contributed by atoms with Gasteiger partial charge in [-0.15, -0.1) is 0 Å². The molecule has 0 amide bonds. The number of rotatable bonds is 5. The number of hydrogen-bond donors (Lipinski definition) is 0. The monoisotopic (exact) mass is 497 g/mol. The van der Waals surface area contributed by atoms with Crippen LogP contribution in [0, 0.1) is 0 Å². The van der Waals surface area contributed by atoms with E-state index in [2.05, 4.69) is 15.9 Å². The van der Waals surface area contributed by atoms with Crippen LogP contribution in [-0.2, 0) is 4.74 Å². The first-order chi connectivity index (χ1) is 16.1. The van der Waals surface area contributed by atoms with Gasteiger partial charge in [0.2, 0.25) is 5.78 Å². The van der Waals surface area contributed by atoms with E-state index >= 15 is 0 Å². The number of ether oxygens (including phenoxy) is 1. The zero-order valence-corrected chi connectivity index (χ0v) is 19.5. The van der Waals surface area contributed by atoms with Crippen LogP contribution in [0.5, 0.6) is 0 Å². The van der Waals surface area contributed by atoms with Gasteiger partial charge in [-0.05, 0) is 42.1 Å². The summed E-state index contributed by atoms with van der Waals surface area (Å²) in [5.41, 5.74) is 4.24. The number of hydrogen-bond acceptors (Lipinski definition) is 3. The van der Waals surface area contributed by atoms with E-state index < -0.39 is 5.97 Å². The molecule has 0 radical (unpaired) electrons. The lowest BCUT2D eigenvalue weighted by molar-refractivity contribution is 0.0529. The minimum atomic E-state index is -0.447. The van der Waals surface area contributed by atoms with Crippen LogP contribution in [0.2, 0.25) is 0 Å². The summed E-state index contributed by atoms with van der Waals surface area (Å²) in [5, 5.41) is 0.948. The maximum atomic E-state index is 14.0. The predicted molar refractivity (Wildman–Crippen MR) is 134 cm³/mol. The molecule has 0 unspecified atom stereocenters. The third-order valence-electron chi connectivity index (χ3n) is 5.65. The molecule has 0 fully saturated rings. The van der Waals surface area contributed by atoms with Crippen LogP contribution in [0.1, 0.15) is 33.3 Å². The molecule has 5 aromatic rings. The summed E-state index contributed by atoms with van der Waals surface area (Å²) in [4.78, 5) is 27.2. The van der Waals surface area contributed by atoms with Gasteiger partial charge in [0.05, 0.1) is 23.2 Å². The number of pyridine rings is 1. The molecular formula is C28H20BrNO3. The van der Waals surface area contributed by atoms with Crippen molar-refractivity contribution in [3.63, 3.8) is 0 Å². The number of ketones is 1. The number of carbonyl (C=O) groups excluding carboxylic acids is 2. The van der Waals surface area contributed by atoms with Crippen LogP contribution in [0.25, 0.3) is 27.5 Å². The van der Waals surface area contributed by atoms with Crippen LogP contribution >= 0.6 is 15.9 Å². The normalized spacial score (nSPS) is 11.1. The first-order valence-corrected chi connectivity index (χ1v) is 11.5. The number of carbonyl (C=O) groups is 2. The highest BCUT2D eigenvalue weighted by molar-refractivity contribution is 9.10. The van der Waals surface area contributed by atoms with Crippen molar-refractivity contribution in [2.45, 2.75) is 6.92 Å².